The lowest BCUT2D eigenvalue weighted by molar-refractivity contribution is 0.0698. The van der Waals surface area contributed by atoms with E-state index in [1.807, 2.05) is 6.07 Å². The predicted molar refractivity (Wildman–Crippen MR) is 92.3 cm³/mol. The van der Waals surface area contributed by atoms with Gasteiger partial charge in [0.15, 0.2) is 0 Å². The Kier molecular flexibility index (Phi) is 4.83. The molecule has 128 valence electrons. The van der Waals surface area contributed by atoms with E-state index >= 15 is 0 Å². The van der Waals surface area contributed by atoms with Crippen LogP contribution in [0.5, 0.6) is 0 Å². The minimum atomic E-state index is -3.53. The minimum Gasteiger partial charge on any atom is -0.336 e. The Labute approximate surface area is 147 Å². The van der Waals surface area contributed by atoms with E-state index in [-0.39, 0.29) is 23.9 Å². The Bertz CT molecular complexity index is 912. The molecule has 2 aromatic carbocycles. The third-order valence-electron chi connectivity index (χ3n) is 4.15. The van der Waals surface area contributed by atoms with E-state index in [2.05, 4.69) is 0 Å². The summed E-state index contributed by atoms with van der Waals surface area (Å²) in [4.78, 5) is 14.4. The second kappa shape index (κ2) is 7.05. The molecule has 0 saturated carbocycles. The van der Waals surface area contributed by atoms with Crippen LogP contribution in [0.4, 0.5) is 0 Å². The molecular weight excluding hydrogens is 338 g/mol. The monoisotopic (exact) mass is 355 g/mol. The molecule has 0 N–H and O–H groups in total. The number of rotatable bonds is 3. The molecule has 1 amide bonds. The van der Waals surface area contributed by atoms with Crippen molar-refractivity contribution in [2.45, 2.75) is 4.90 Å². The molecule has 1 saturated heterocycles. The van der Waals surface area contributed by atoms with Crippen LogP contribution in [0.25, 0.3) is 0 Å². The molecule has 0 bridgehead atoms. The van der Waals surface area contributed by atoms with E-state index in [0.29, 0.717) is 24.2 Å². The van der Waals surface area contributed by atoms with Gasteiger partial charge in [0.1, 0.15) is 0 Å². The molecule has 25 heavy (non-hydrogen) atoms. The van der Waals surface area contributed by atoms with E-state index in [0.717, 1.165) is 0 Å². The number of hydrogen-bond acceptors (Lipinski definition) is 4. The number of amides is 1. The molecule has 1 aliphatic heterocycles. The van der Waals surface area contributed by atoms with Crippen molar-refractivity contribution in [3.8, 4) is 6.07 Å². The zero-order chi connectivity index (χ0) is 17.9. The third kappa shape index (κ3) is 3.55. The Balaban J connectivity index is 1.70. The van der Waals surface area contributed by atoms with Crippen molar-refractivity contribution in [1.29, 1.82) is 5.26 Å². The normalized spacial score (nSPS) is 15.6. The second-order valence-electron chi connectivity index (χ2n) is 5.70. The van der Waals surface area contributed by atoms with Gasteiger partial charge in [-0.3, -0.25) is 4.79 Å². The first-order valence-electron chi connectivity index (χ1n) is 7.87. The number of carbonyl (C=O) groups excluding carboxylic acids is 1. The maximum absolute atomic E-state index is 12.6. The van der Waals surface area contributed by atoms with Crippen LogP contribution < -0.4 is 0 Å². The van der Waals surface area contributed by atoms with Crippen LogP contribution in [-0.4, -0.2) is 49.7 Å². The Morgan fingerprint density at radius 1 is 0.960 bits per heavy atom. The van der Waals surface area contributed by atoms with Gasteiger partial charge in [0.2, 0.25) is 10.0 Å². The second-order valence-corrected chi connectivity index (χ2v) is 7.64. The molecule has 0 radical (unpaired) electrons. The first kappa shape index (κ1) is 17.1. The van der Waals surface area contributed by atoms with Crippen molar-refractivity contribution in [2.75, 3.05) is 26.2 Å². The molecular formula is C18H17N3O3S. The molecule has 1 heterocycles. The summed E-state index contributed by atoms with van der Waals surface area (Å²) in [5, 5.41) is 8.94. The first-order valence-corrected chi connectivity index (χ1v) is 9.31. The van der Waals surface area contributed by atoms with Crippen LogP contribution in [0.15, 0.2) is 59.5 Å². The van der Waals surface area contributed by atoms with Gasteiger partial charge in [-0.2, -0.15) is 9.57 Å². The number of piperazine rings is 1. The highest BCUT2D eigenvalue weighted by Gasteiger charge is 2.30. The number of sulfonamides is 1. The molecule has 0 aliphatic carbocycles. The van der Waals surface area contributed by atoms with Crippen molar-refractivity contribution < 1.29 is 13.2 Å². The molecule has 0 spiro atoms. The van der Waals surface area contributed by atoms with Gasteiger partial charge in [-0.25, -0.2) is 8.42 Å². The first-order chi connectivity index (χ1) is 12.0. The summed E-state index contributed by atoms with van der Waals surface area (Å²) in [5.41, 5.74) is 0.870. The molecule has 2 aromatic rings. The van der Waals surface area contributed by atoms with Gasteiger partial charge in [0.05, 0.1) is 16.5 Å². The van der Waals surface area contributed by atoms with Crippen molar-refractivity contribution >= 4 is 15.9 Å². The standard InChI is InChI=1S/C18H17N3O3S/c19-14-15-5-4-6-16(13-15)18(22)20-9-11-21(12-10-20)25(23,24)17-7-2-1-3-8-17/h1-8,13H,9-12H2. The highest BCUT2D eigenvalue weighted by atomic mass is 32.2. The summed E-state index contributed by atoms with van der Waals surface area (Å²) >= 11 is 0. The fourth-order valence-electron chi connectivity index (χ4n) is 2.78. The van der Waals surface area contributed by atoms with E-state index in [4.69, 9.17) is 5.26 Å². The van der Waals surface area contributed by atoms with Gasteiger partial charge in [-0.15, -0.1) is 0 Å². The summed E-state index contributed by atoms with van der Waals surface area (Å²) in [6.45, 7) is 1.14. The Morgan fingerprint density at radius 3 is 2.28 bits per heavy atom. The largest absolute Gasteiger partial charge is 0.336 e. The number of benzene rings is 2. The van der Waals surface area contributed by atoms with E-state index in [1.54, 1.807) is 59.5 Å². The van der Waals surface area contributed by atoms with Gasteiger partial charge < -0.3 is 4.90 Å². The lowest BCUT2D eigenvalue weighted by Crippen LogP contribution is -2.50. The molecule has 0 aromatic heterocycles. The van der Waals surface area contributed by atoms with E-state index in [9.17, 15) is 13.2 Å². The molecule has 1 fully saturated rings. The summed E-state index contributed by atoms with van der Waals surface area (Å²) in [6, 6.07) is 16.8. The average Bonchev–Trinajstić information content (AvgIpc) is 2.68. The highest BCUT2D eigenvalue weighted by molar-refractivity contribution is 7.89. The number of nitrogens with zero attached hydrogens (tertiary/aromatic N) is 3. The summed E-state index contributed by atoms with van der Waals surface area (Å²) in [6.07, 6.45) is 0. The van der Waals surface area contributed by atoms with Crippen molar-refractivity contribution in [1.82, 2.24) is 9.21 Å². The maximum Gasteiger partial charge on any atom is 0.253 e. The highest BCUT2D eigenvalue weighted by Crippen LogP contribution is 2.18. The van der Waals surface area contributed by atoms with Gasteiger partial charge in [-0.1, -0.05) is 24.3 Å². The van der Waals surface area contributed by atoms with Crippen LogP contribution >= 0.6 is 0 Å². The smallest absolute Gasteiger partial charge is 0.253 e. The van der Waals surface area contributed by atoms with Crippen LogP contribution in [0.1, 0.15) is 15.9 Å². The number of carbonyl (C=O) groups is 1. The summed E-state index contributed by atoms with van der Waals surface area (Å²) < 4.78 is 26.6. The minimum absolute atomic E-state index is 0.186. The molecule has 0 unspecified atom stereocenters. The Morgan fingerprint density at radius 2 is 1.64 bits per heavy atom. The van der Waals surface area contributed by atoms with Gasteiger partial charge in [-0.05, 0) is 30.3 Å². The van der Waals surface area contributed by atoms with Crippen LogP contribution in [0.3, 0.4) is 0 Å². The number of hydrogen-bond donors (Lipinski definition) is 0. The lowest BCUT2D eigenvalue weighted by atomic mass is 10.1. The van der Waals surface area contributed by atoms with Crippen LogP contribution in [-0.2, 0) is 10.0 Å². The topological polar surface area (TPSA) is 81.5 Å². The summed E-state index contributed by atoms with van der Waals surface area (Å²) in [7, 11) is -3.53. The average molecular weight is 355 g/mol. The molecule has 0 atom stereocenters. The molecule has 1 aliphatic rings. The van der Waals surface area contributed by atoms with Crippen molar-refractivity contribution in [3.63, 3.8) is 0 Å². The fraction of sp³-hybridized carbons (Fsp3) is 0.222. The quantitative estimate of drug-likeness (QED) is 0.839. The van der Waals surface area contributed by atoms with Crippen LogP contribution in [0, 0.1) is 11.3 Å². The Hall–Kier alpha value is -2.69. The lowest BCUT2D eigenvalue weighted by Gasteiger charge is -2.34. The molecule has 7 heteroatoms. The molecule has 3 rings (SSSR count). The zero-order valence-electron chi connectivity index (χ0n) is 13.5. The molecule has 6 nitrogen and oxygen atoms in total. The van der Waals surface area contributed by atoms with Crippen LogP contribution in [0.2, 0.25) is 0 Å². The van der Waals surface area contributed by atoms with Gasteiger partial charge >= 0.3 is 0 Å². The fourth-order valence-corrected chi connectivity index (χ4v) is 4.22. The van der Waals surface area contributed by atoms with Crippen molar-refractivity contribution in [3.05, 3.63) is 65.7 Å². The number of nitriles is 1. The predicted octanol–water partition coefficient (Wildman–Crippen LogP) is 1.70. The summed E-state index contributed by atoms with van der Waals surface area (Å²) in [5.74, 6) is -0.186. The van der Waals surface area contributed by atoms with Crippen molar-refractivity contribution in [2.24, 2.45) is 0 Å². The SMILES string of the molecule is N#Cc1cccc(C(=O)N2CCN(S(=O)(=O)c3ccccc3)CC2)c1. The maximum atomic E-state index is 12.6. The van der Waals surface area contributed by atoms with E-state index < -0.39 is 10.0 Å². The van der Waals surface area contributed by atoms with Gasteiger partial charge in [0.25, 0.3) is 5.91 Å². The third-order valence-corrected chi connectivity index (χ3v) is 6.06. The zero-order valence-corrected chi connectivity index (χ0v) is 14.3. The van der Waals surface area contributed by atoms with Gasteiger partial charge in [0, 0.05) is 31.7 Å². The van der Waals surface area contributed by atoms with E-state index in [1.165, 1.54) is 4.31 Å².